The van der Waals surface area contributed by atoms with Crippen LogP contribution >= 0.6 is 0 Å². The lowest BCUT2D eigenvalue weighted by atomic mass is 9.80. The first-order valence-corrected chi connectivity index (χ1v) is 9.48. The van der Waals surface area contributed by atoms with Crippen molar-refractivity contribution in [2.24, 2.45) is 0 Å². The molecule has 3 aromatic carbocycles. The number of carbonyl (C=O) groups excluding carboxylic acids is 2. The summed E-state index contributed by atoms with van der Waals surface area (Å²) in [7, 11) is -3.24. The van der Waals surface area contributed by atoms with Crippen molar-refractivity contribution in [2.45, 2.75) is 0 Å². The summed E-state index contributed by atoms with van der Waals surface area (Å²) >= 11 is 0. The summed E-state index contributed by atoms with van der Waals surface area (Å²) in [5.41, 5.74) is 12.4. The van der Waals surface area contributed by atoms with E-state index in [-0.39, 0.29) is 10.9 Å². The summed E-state index contributed by atoms with van der Waals surface area (Å²) in [5.74, 6) is -0.909. The van der Waals surface area contributed by atoms with Crippen molar-refractivity contribution in [3.05, 3.63) is 83.9 Å². The van der Waals surface area contributed by atoms with Gasteiger partial charge in [0, 0.05) is 11.1 Å². The fraction of sp³-hybridized carbons (Fsp3) is 0. The summed E-state index contributed by atoms with van der Waals surface area (Å²) in [4.78, 5) is 24.6. The Morgan fingerprint density at radius 3 is 1.31 bits per heavy atom. The highest BCUT2D eigenvalue weighted by Gasteiger charge is 2.13. The zero-order valence-corrected chi connectivity index (χ0v) is 16.7. The first-order valence-electron chi connectivity index (χ1n) is 9.48. The van der Waals surface area contributed by atoms with Crippen LogP contribution in [0.5, 0.6) is 0 Å². The molecule has 162 valence electrons. The number of nitrogens with one attached hydrogen (secondary N) is 4. The van der Waals surface area contributed by atoms with Crippen LogP contribution in [0.1, 0.15) is 20.7 Å². The molecule has 0 radical (unpaired) electrons. The van der Waals surface area contributed by atoms with Crippen LogP contribution < -0.4 is 32.6 Å². The normalized spacial score (nSPS) is 10.1. The predicted octanol–water partition coefficient (Wildman–Crippen LogP) is -1.44. The zero-order chi connectivity index (χ0) is 23.1. The van der Waals surface area contributed by atoms with E-state index in [2.05, 4.69) is 21.7 Å². The summed E-state index contributed by atoms with van der Waals surface area (Å²) in [6.45, 7) is 0. The molecule has 0 saturated heterocycles. The number of hydrogen-bond acceptors (Lipinski definition) is 8. The van der Waals surface area contributed by atoms with E-state index >= 15 is 0 Å². The monoisotopic (exact) mass is 434 g/mol. The molecule has 0 aromatic heterocycles. The maximum absolute atomic E-state index is 12.3. The number of amides is 2. The van der Waals surface area contributed by atoms with Gasteiger partial charge in [0.1, 0.15) is 0 Å². The number of anilines is 2. The molecule has 0 atom stereocenters. The summed E-state index contributed by atoms with van der Waals surface area (Å²) < 4.78 is 0. The molecule has 0 saturated carbocycles. The third kappa shape index (κ3) is 6.09. The minimum atomic E-state index is -1.62. The second-order valence-corrected chi connectivity index (χ2v) is 6.73. The maximum Gasteiger partial charge on any atom is 0.488 e. The number of rotatable bonds is 8. The molecule has 3 rings (SSSR count). The summed E-state index contributed by atoms with van der Waals surface area (Å²) in [6.07, 6.45) is 0. The Morgan fingerprint density at radius 2 is 0.969 bits per heavy atom. The van der Waals surface area contributed by atoms with Crippen LogP contribution in [-0.2, 0) is 0 Å². The maximum atomic E-state index is 12.3. The van der Waals surface area contributed by atoms with E-state index in [0.717, 1.165) is 0 Å². The average molecular weight is 434 g/mol. The van der Waals surface area contributed by atoms with Crippen molar-refractivity contribution in [1.82, 2.24) is 10.9 Å². The van der Waals surface area contributed by atoms with Crippen LogP contribution in [0.3, 0.4) is 0 Å². The molecule has 0 spiro atoms. The van der Waals surface area contributed by atoms with E-state index in [1.165, 1.54) is 48.5 Å². The molecule has 0 bridgehead atoms. The van der Waals surface area contributed by atoms with Gasteiger partial charge in [-0.2, -0.15) is 0 Å². The molecule has 8 N–H and O–H groups in total. The second-order valence-electron chi connectivity index (χ2n) is 6.73. The topological polar surface area (TPSA) is 163 Å². The van der Waals surface area contributed by atoms with Crippen molar-refractivity contribution < 1.29 is 29.7 Å². The Labute approximate surface area is 184 Å². The lowest BCUT2D eigenvalue weighted by Gasteiger charge is -2.11. The molecule has 0 heterocycles. The molecule has 2 amide bonds. The molecule has 12 heteroatoms. The lowest BCUT2D eigenvalue weighted by Crippen LogP contribution is -2.33. The quantitative estimate of drug-likeness (QED) is 0.158. The van der Waals surface area contributed by atoms with Gasteiger partial charge in [-0.25, -0.2) is 0 Å². The largest absolute Gasteiger partial charge is 0.488 e. The van der Waals surface area contributed by atoms with Crippen LogP contribution in [-0.4, -0.2) is 46.1 Å². The van der Waals surface area contributed by atoms with Gasteiger partial charge in [-0.05, 0) is 59.5 Å². The van der Waals surface area contributed by atoms with Crippen molar-refractivity contribution >= 4 is 48.4 Å². The minimum Gasteiger partial charge on any atom is -0.423 e. The molecular weight excluding hydrogens is 414 g/mol. The van der Waals surface area contributed by atoms with E-state index in [1.807, 2.05) is 0 Å². The lowest BCUT2D eigenvalue weighted by molar-refractivity contribution is 0.0951. The number of benzene rings is 3. The van der Waals surface area contributed by atoms with Gasteiger partial charge in [0.25, 0.3) is 11.8 Å². The first kappa shape index (κ1) is 22.8. The van der Waals surface area contributed by atoms with Gasteiger partial charge in [0.2, 0.25) is 0 Å². The van der Waals surface area contributed by atoms with E-state index in [1.54, 1.807) is 24.3 Å². The summed E-state index contributed by atoms with van der Waals surface area (Å²) in [6, 6.07) is 18.4. The van der Waals surface area contributed by atoms with Gasteiger partial charge in [-0.15, -0.1) is 0 Å². The molecular formula is C20H20B2N4O6. The molecule has 10 nitrogen and oxygen atoms in total. The SMILES string of the molecule is O=C(NNc1cccc(B(O)O)c1)c1ccc(C(=O)NNc2cccc(B(O)O)c2)cc1. The molecule has 0 fully saturated rings. The molecule has 3 aromatic rings. The third-order valence-corrected chi connectivity index (χ3v) is 4.42. The Hall–Kier alpha value is -3.83. The molecule has 0 aliphatic rings. The zero-order valence-electron chi connectivity index (χ0n) is 16.7. The first-order chi connectivity index (χ1) is 15.3. The van der Waals surface area contributed by atoms with E-state index in [0.29, 0.717) is 22.5 Å². The fourth-order valence-corrected chi connectivity index (χ4v) is 2.73. The Bertz CT molecular complexity index is 1010. The smallest absolute Gasteiger partial charge is 0.423 e. The van der Waals surface area contributed by atoms with E-state index < -0.39 is 26.1 Å². The Balaban J connectivity index is 1.54. The fourth-order valence-electron chi connectivity index (χ4n) is 2.73. The van der Waals surface area contributed by atoms with Gasteiger partial charge in [0.15, 0.2) is 0 Å². The van der Waals surface area contributed by atoms with Crippen LogP contribution in [0.4, 0.5) is 11.4 Å². The van der Waals surface area contributed by atoms with Crippen molar-refractivity contribution in [2.75, 3.05) is 10.9 Å². The molecule has 0 aliphatic carbocycles. The molecule has 0 unspecified atom stereocenters. The number of hydrogen-bond donors (Lipinski definition) is 8. The summed E-state index contributed by atoms with van der Waals surface area (Å²) in [5, 5.41) is 36.8. The highest BCUT2D eigenvalue weighted by molar-refractivity contribution is 6.59. The third-order valence-electron chi connectivity index (χ3n) is 4.42. The van der Waals surface area contributed by atoms with Crippen LogP contribution in [0, 0.1) is 0 Å². The van der Waals surface area contributed by atoms with Crippen molar-refractivity contribution in [3.63, 3.8) is 0 Å². The predicted molar refractivity (Wildman–Crippen MR) is 121 cm³/mol. The van der Waals surface area contributed by atoms with Crippen LogP contribution in [0.2, 0.25) is 0 Å². The van der Waals surface area contributed by atoms with Gasteiger partial charge in [-0.3, -0.25) is 31.3 Å². The highest BCUT2D eigenvalue weighted by atomic mass is 16.4. The number of hydrazine groups is 2. The van der Waals surface area contributed by atoms with E-state index in [4.69, 9.17) is 0 Å². The van der Waals surface area contributed by atoms with Crippen LogP contribution in [0.15, 0.2) is 72.8 Å². The Morgan fingerprint density at radius 1 is 0.594 bits per heavy atom. The standard InChI is InChI=1S/C20H20B2N4O6/c27-19(25-23-17-5-1-3-15(11-17)21(29)30)13-7-9-14(10-8-13)20(28)26-24-18-6-2-4-16(12-18)22(31)32/h1-12,23-24,29-32H,(H,25,27)(H,26,28). The van der Waals surface area contributed by atoms with Gasteiger partial charge in [-0.1, -0.05) is 24.3 Å². The molecule has 32 heavy (non-hydrogen) atoms. The van der Waals surface area contributed by atoms with Gasteiger partial charge < -0.3 is 20.1 Å². The Kier molecular flexibility index (Phi) is 7.47. The highest BCUT2D eigenvalue weighted by Crippen LogP contribution is 2.07. The molecule has 0 aliphatic heterocycles. The average Bonchev–Trinajstić information content (AvgIpc) is 2.81. The van der Waals surface area contributed by atoms with Gasteiger partial charge in [0.05, 0.1) is 11.4 Å². The van der Waals surface area contributed by atoms with Crippen LogP contribution in [0.25, 0.3) is 0 Å². The number of carbonyl (C=O) groups is 2. The van der Waals surface area contributed by atoms with Gasteiger partial charge >= 0.3 is 14.2 Å². The van der Waals surface area contributed by atoms with Crippen molar-refractivity contribution in [3.8, 4) is 0 Å². The van der Waals surface area contributed by atoms with E-state index in [9.17, 15) is 29.7 Å². The van der Waals surface area contributed by atoms with Crippen molar-refractivity contribution in [1.29, 1.82) is 0 Å². The minimum absolute atomic E-state index is 0.271. The second kappa shape index (κ2) is 10.5.